The number of Topliss-reactive ketones (excluding diaryl/α,β-unsaturated/α-hetero) is 1. The Morgan fingerprint density at radius 3 is 2.84 bits per heavy atom. The molecule has 0 aliphatic carbocycles. The lowest BCUT2D eigenvalue weighted by atomic mass is 9.92. The van der Waals surface area contributed by atoms with E-state index in [2.05, 4.69) is 14.7 Å². The fourth-order valence-corrected chi connectivity index (χ4v) is 4.74. The molecule has 8 nitrogen and oxygen atoms in total. The molecule has 1 unspecified atom stereocenters. The number of amidine groups is 1. The number of benzene rings is 2. The molecule has 160 valence electrons. The van der Waals surface area contributed by atoms with Gasteiger partial charge in [-0.2, -0.15) is 8.42 Å². The van der Waals surface area contributed by atoms with Crippen LogP contribution in [0.1, 0.15) is 30.2 Å². The van der Waals surface area contributed by atoms with E-state index in [9.17, 15) is 13.2 Å². The van der Waals surface area contributed by atoms with E-state index in [0.717, 1.165) is 5.56 Å². The number of ether oxygens (including phenoxy) is 1. The van der Waals surface area contributed by atoms with Gasteiger partial charge < -0.3 is 14.5 Å². The number of rotatable bonds is 7. The van der Waals surface area contributed by atoms with Gasteiger partial charge in [-0.15, -0.1) is 4.40 Å². The summed E-state index contributed by atoms with van der Waals surface area (Å²) < 4.78 is 39.4. The number of methoxy groups -OCH3 is 1. The van der Waals surface area contributed by atoms with Gasteiger partial charge >= 0.3 is 0 Å². The molecular weight excluding hydrogens is 442 g/mol. The lowest BCUT2D eigenvalue weighted by Gasteiger charge is -2.18. The van der Waals surface area contributed by atoms with Gasteiger partial charge in [-0.1, -0.05) is 23.7 Å². The predicted molar refractivity (Wildman–Crippen MR) is 115 cm³/mol. The van der Waals surface area contributed by atoms with Crippen LogP contribution < -0.4 is 10.1 Å². The number of nitrogens with one attached hydrogen (secondary N) is 1. The zero-order valence-corrected chi connectivity index (χ0v) is 18.0. The molecule has 4 rings (SSSR count). The first kappa shape index (κ1) is 21.1. The number of ketones is 1. The average Bonchev–Trinajstić information content (AvgIpc) is 3.28. The number of hydrogen-bond acceptors (Lipinski definition) is 7. The Balaban J connectivity index is 1.56. The van der Waals surface area contributed by atoms with Gasteiger partial charge in [-0.05, 0) is 42.3 Å². The maximum absolute atomic E-state index is 12.8. The third-order valence-electron chi connectivity index (χ3n) is 4.86. The lowest BCUT2D eigenvalue weighted by molar-refractivity contribution is -0.113. The van der Waals surface area contributed by atoms with Gasteiger partial charge in [0.25, 0.3) is 10.0 Å². The quantitative estimate of drug-likeness (QED) is 0.567. The van der Waals surface area contributed by atoms with Gasteiger partial charge in [0.15, 0.2) is 11.6 Å². The minimum Gasteiger partial charge on any atom is -0.497 e. The van der Waals surface area contributed by atoms with Crippen LogP contribution >= 0.6 is 11.6 Å². The first-order valence-corrected chi connectivity index (χ1v) is 11.2. The van der Waals surface area contributed by atoms with Crippen molar-refractivity contribution in [3.05, 3.63) is 71.4 Å². The normalized spacial score (nSPS) is 15.4. The standard InChI is InChI=1S/C21H18ClN3O5S/c1-29-15-4-2-3-13(11-15)16(21-23-9-10-30-21)6-8-18(26)20-24-17-7-5-14(22)12-19(17)31(27,28)25-20/h2-5,7,9-12,16H,6,8H2,1H3,(H,24,25). The van der Waals surface area contributed by atoms with Crippen molar-refractivity contribution in [3.8, 4) is 5.75 Å². The summed E-state index contributed by atoms with van der Waals surface area (Å²) in [6.07, 6.45) is 3.35. The van der Waals surface area contributed by atoms with E-state index in [4.69, 9.17) is 20.8 Å². The molecule has 0 amide bonds. The Bertz CT molecular complexity index is 1260. The van der Waals surface area contributed by atoms with Crippen LogP contribution in [0.2, 0.25) is 5.02 Å². The van der Waals surface area contributed by atoms with Crippen molar-refractivity contribution >= 4 is 38.9 Å². The van der Waals surface area contributed by atoms with Crippen LogP contribution in [-0.4, -0.2) is 32.1 Å². The van der Waals surface area contributed by atoms with E-state index in [1.807, 2.05) is 24.3 Å². The number of carbonyl (C=O) groups excluding carboxylic acids is 1. The second-order valence-electron chi connectivity index (χ2n) is 6.84. The molecule has 31 heavy (non-hydrogen) atoms. The second kappa shape index (κ2) is 8.52. The molecule has 0 spiro atoms. The number of hydrogen-bond donors (Lipinski definition) is 1. The molecule has 1 atom stereocenters. The molecule has 0 saturated heterocycles. The predicted octanol–water partition coefficient (Wildman–Crippen LogP) is 4.03. The van der Waals surface area contributed by atoms with Gasteiger partial charge in [0.2, 0.25) is 5.89 Å². The molecule has 1 aliphatic rings. The van der Waals surface area contributed by atoms with Gasteiger partial charge in [0.05, 0.1) is 24.9 Å². The lowest BCUT2D eigenvalue weighted by Crippen LogP contribution is -2.29. The molecule has 0 fully saturated rings. The van der Waals surface area contributed by atoms with Crippen LogP contribution in [-0.2, 0) is 14.8 Å². The number of halogens is 1. The number of sulfonamides is 1. The molecule has 0 bridgehead atoms. The van der Waals surface area contributed by atoms with Crippen molar-refractivity contribution in [2.75, 3.05) is 12.4 Å². The van der Waals surface area contributed by atoms with Crippen LogP contribution in [0.15, 0.2) is 68.6 Å². The Kier molecular flexibility index (Phi) is 5.79. The van der Waals surface area contributed by atoms with Gasteiger partial charge in [-0.3, -0.25) is 4.79 Å². The highest BCUT2D eigenvalue weighted by molar-refractivity contribution is 7.90. The number of nitrogens with zero attached hydrogens (tertiary/aromatic N) is 2. The molecule has 0 radical (unpaired) electrons. The summed E-state index contributed by atoms with van der Waals surface area (Å²) in [6, 6.07) is 11.7. The molecule has 0 saturated carbocycles. The summed E-state index contributed by atoms with van der Waals surface area (Å²) >= 11 is 5.88. The van der Waals surface area contributed by atoms with E-state index in [0.29, 0.717) is 18.1 Å². The third-order valence-corrected chi connectivity index (χ3v) is 6.41. The van der Waals surface area contributed by atoms with Crippen LogP contribution in [0, 0.1) is 0 Å². The van der Waals surface area contributed by atoms with Crippen molar-refractivity contribution in [2.24, 2.45) is 4.40 Å². The van der Waals surface area contributed by atoms with Gasteiger partial charge in [-0.25, -0.2) is 4.98 Å². The van der Waals surface area contributed by atoms with Crippen LogP contribution in [0.4, 0.5) is 5.69 Å². The minimum atomic E-state index is -4.03. The molecule has 10 heteroatoms. The number of carbonyl (C=O) groups is 1. The second-order valence-corrected chi connectivity index (χ2v) is 8.85. The van der Waals surface area contributed by atoms with E-state index >= 15 is 0 Å². The molecule has 1 aromatic heterocycles. The summed E-state index contributed by atoms with van der Waals surface area (Å²) in [5.41, 5.74) is 1.13. The smallest absolute Gasteiger partial charge is 0.286 e. The summed E-state index contributed by atoms with van der Waals surface area (Å²) in [7, 11) is -2.46. The largest absolute Gasteiger partial charge is 0.497 e. The van der Waals surface area contributed by atoms with Crippen molar-refractivity contribution in [1.29, 1.82) is 0 Å². The first-order chi connectivity index (χ1) is 14.9. The zero-order chi connectivity index (χ0) is 22.0. The molecular formula is C21H18ClN3O5S. The monoisotopic (exact) mass is 459 g/mol. The van der Waals surface area contributed by atoms with Crippen LogP contribution in [0.3, 0.4) is 0 Å². The Morgan fingerprint density at radius 2 is 2.10 bits per heavy atom. The minimum absolute atomic E-state index is 0.0224. The SMILES string of the molecule is COc1cccc(C(CCC(=O)C2=NS(=O)(=O)c3cc(Cl)ccc3N2)c2ncco2)c1. The highest BCUT2D eigenvalue weighted by Crippen LogP contribution is 2.32. The molecule has 1 N–H and O–H groups in total. The fourth-order valence-electron chi connectivity index (χ4n) is 3.34. The van der Waals surface area contributed by atoms with Gasteiger partial charge in [0.1, 0.15) is 16.9 Å². The number of fused-ring (bicyclic) bond motifs is 1. The summed E-state index contributed by atoms with van der Waals surface area (Å²) in [6.45, 7) is 0. The molecule has 3 aromatic rings. The van der Waals surface area contributed by atoms with Crippen molar-refractivity contribution in [2.45, 2.75) is 23.7 Å². The zero-order valence-electron chi connectivity index (χ0n) is 16.4. The van der Waals surface area contributed by atoms with Crippen molar-refractivity contribution in [1.82, 2.24) is 4.98 Å². The Morgan fingerprint density at radius 1 is 1.26 bits per heavy atom. The number of oxazole rings is 1. The summed E-state index contributed by atoms with van der Waals surface area (Å²) in [5, 5.41) is 3.06. The molecule has 2 aromatic carbocycles. The van der Waals surface area contributed by atoms with Gasteiger partial charge in [0, 0.05) is 11.4 Å². The fraction of sp³-hybridized carbons (Fsp3) is 0.190. The summed E-state index contributed by atoms with van der Waals surface area (Å²) in [4.78, 5) is 17.0. The van der Waals surface area contributed by atoms with E-state index in [1.54, 1.807) is 7.11 Å². The average molecular weight is 460 g/mol. The topological polar surface area (TPSA) is 111 Å². The highest BCUT2D eigenvalue weighted by atomic mass is 35.5. The van der Waals surface area contributed by atoms with Crippen LogP contribution in [0.25, 0.3) is 0 Å². The van der Waals surface area contributed by atoms with E-state index in [-0.39, 0.29) is 33.8 Å². The maximum Gasteiger partial charge on any atom is 0.286 e. The molecule has 2 heterocycles. The van der Waals surface area contributed by atoms with E-state index in [1.165, 1.54) is 30.7 Å². The van der Waals surface area contributed by atoms with Crippen molar-refractivity contribution < 1.29 is 22.4 Å². The van der Waals surface area contributed by atoms with Crippen LogP contribution in [0.5, 0.6) is 5.75 Å². The van der Waals surface area contributed by atoms with E-state index < -0.39 is 15.8 Å². The van der Waals surface area contributed by atoms with Crippen molar-refractivity contribution in [3.63, 3.8) is 0 Å². The number of anilines is 1. The third kappa shape index (κ3) is 4.47. The number of aromatic nitrogens is 1. The maximum atomic E-state index is 12.8. The first-order valence-electron chi connectivity index (χ1n) is 9.35. The highest BCUT2D eigenvalue weighted by Gasteiger charge is 2.29. The Hall–Kier alpha value is -3.17. The summed E-state index contributed by atoms with van der Waals surface area (Å²) in [5.74, 6) is 0.128. The Labute approximate surface area is 184 Å². The molecule has 1 aliphatic heterocycles.